The summed E-state index contributed by atoms with van der Waals surface area (Å²) in [4.78, 5) is 23.0. The molecule has 36 heavy (non-hydrogen) atoms. The van der Waals surface area contributed by atoms with Crippen LogP contribution in [0.25, 0.3) is 0 Å². The summed E-state index contributed by atoms with van der Waals surface area (Å²) in [6, 6.07) is 12.2. The Morgan fingerprint density at radius 1 is 1.03 bits per heavy atom. The van der Waals surface area contributed by atoms with Gasteiger partial charge in [0.2, 0.25) is 5.95 Å². The monoisotopic (exact) mass is 526 g/mol. The summed E-state index contributed by atoms with van der Waals surface area (Å²) in [5.41, 5.74) is 2.39. The maximum atomic E-state index is 13.8. The van der Waals surface area contributed by atoms with Crippen molar-refractivity contribution in [1.29, 1.82) is 0 Å². The number of rotatable bonds is 7. The van der Waals surface area contributed by atoms with Crippen molar-refractivity contribution in [2.45, 2.75) is 69.4 Å². The van der Waals surface area contributed by atoms with Crippen LogP contribution >= 0.6 is 23.2 Å². The van der Waals surface area contributed by atoms with Gasteiger partial charge in [-0.25, -0.2) is 14.4 Å². The molecule has 8 heteroatoms. The van der Waals surface area contributed by atoms with Gasteiger partial charge in [-0.3, -0.25) is 4.79 Å². The van der Waals surface area contributed by atoms with Crippen LogP contribution in [0.3, 0.4) is 0 Å². The van der Waals surface area contributed by atoms with E-state index in [0.29, 0.717) is 33.3 Å². The van der Waals surface area contributed by atoms with Crippen molar-refractivity contribution in [3.8, 4) is 0 Å². The fourth-order valence-electron chi connectivity index (χ4n) is 5.58. The van der Waals surface area contributed by atoms with Crippen molar-refractivity contribution in [2.24, 2.45) is 0 Å². The number of benzene rings is 2. The second kappa shape index (κ2) is 10.7. The largest absolute Gasteiger partial charge is 0.351 e. The van der Waals surface area contributed by atoms with Crippen LogP contribution in [0, 0.1) is 5.82 Å². The van der Waals surface area contributed by atoms with Gasteiger partial charge in [-0.05, 0) is 61.1 Å². The average Bonchev–Trinajstić information content (AvgIpc) is 3.57. The molecule has 188 valence electrons. The minimum absolute atomic E-state index is 0.250. The summed E-state index contributed by atoms with van der Waals surface area (Å²) in [7, 11) is 0. The first-order valence-corrected chi connectivity index (χ1v) is 13.3. The zero-order valence-electron chi connectivity index (χ0n) is 20.0. The van der Waals surface area contributed by atoms with Crippen LogP contribution in [0.15, 0.2) is 48.7 Å². The highest BCUT2D eigenvalue weighted by atomic mass is 35.5. The van der Waals surface area contributed by atoms with Crippen molar-refractivity contribution in [1.82, 2.24) is 15.3 Å². The van der Waals surface area contributed by atoms with Crippen molar-refractivity contribution in [3.63, 3.8) is 0 Å². The molecule has 2 aromatic carbocycles. The van der Waals surface area contributed by atoms with Crippen molar-refractivity contribution in [3.05, 3.63) is 86.9 Å². The quantitative estimate of drug-likeness (QED) is 0.345. The van der Waals surface area contributed by atoms with Gasteiger partial charge in [0.15, 0.2) is 0 Å². The average molecular weight is 527 g/mol. The smallest absolute Gasteiger partial charge is 0.255 e. The number of carbonyl (C=O) groups excluding carboxylic acids is 1. The number of nitrogens with one attached hydrogen (secondary N) is 2. The normalized spacial score (nSPS) is 17.3. The summed E-state index contributed by atoms with van der Waals surface area (Å²) in [5.74, 6) is -0.00427. The number of halogens is 3. The molecule has 0 radical (unpaired) electrons. The first-order chi connectivity index (χ1) is 17.4. The maximum absolute atomic E-state index is 13.8. The van der Waals surface area contributed by atoms with Crippen molar-refractivity contribution < 1.29 is 9.18 Å². The van der Waals surface area contributed by atoms with Crippen LogP contribution < -0.4 is 10.6 Å². The standard InChI is InChI=1S/C28H29Cl2FN4O/c29-20-10-7-18(24(30)15-20)16-32-26(36)23-17-33-27(34-22-5-1-2-6-22)35-25(23)28(13-3-4-14-28)19-8-11-21(31)12-9-19/h7-12,15,17,22H,1-6,13-14,16H2,(H,32,36)(H,33,34,35). The van der Waals surface area contributed by atoms with Gasteiger partial charge in [0.05, 0.1) is 11.3 Å². The third kappa shape index (κ3) is 5.21. The molecule has 3 aromatic rings. The molecule has 1 heterocycles. The number of anilines is 1. The molecular weight excluding hydrogens is 498 g/mol. The maximum Gasteiger partial charge on any atom is 0.255 e. The van der Waals surface area contributed by atoms with Gasteiger partial charge in [0, 0.05) is 34.2 Å². The fraction of sp³-hybridized carbons (Fsp3) is 0.393. The van der Waals surface area contributed by atoms with Crippen LogP contribution in [-0.2, 0) is 12.0 Å². The predicted molar refractivity (Wildman–Crippen MR) is 141 cm³/mol. The minimum Gasteiger partial charge on any atom is -0.351 e. The van der Waals surface area contributed by atoms with Gasteiger partial charge in [0.25, 0.3) is 5.91 Å². The number of hydrogen-bond donors (Lipinski definition) is 2. The Labute approximate surface area is 220 Å². The Morgan fingerprint density at radius 3 is 2.44 bits per heavy atom. The molecule has 5 rings (SSSR count). The van der Waals surface area contributed by atoms with E-state index in [9.17, 15) is 9.18 Å². The van der Waals surface area contributed by atoms with E-state index >= 15 is 0 Å². The number of hydrogen-bond acceptors (Lipinski definition) is 4. The lowest BCUT2D eigenvalue weighted by Crippen LogP contribution is -2.33. The molecule has 0 bridgehead atoms. The molecule has 0 aliphatic heterocycles. The molecule has 2 saturated carbocycles. The molecule has 2 fully saturated rings. The minimum atomic E-state index is -0.479. The van der Waals surface area contributed by atoms with E-state index in [2.05, 4.69) is 15.6 Å². The van der Waals surface area contributed by atoms with Crippen molar-refractivity contribution in [2.75, 3.05) is 5.32 Å². The zero-order valence-corrected chi connectivity index (χ0v) is 21.5. The van der Waals surface area contributed by atoms with Gasteiger partial charge >= 0.3 is 0 Å². The van der Waals surface area contributed by atoms with E-state index in [1.807, 2.05) is 12.1 Å². The first-order valence-electron chi connectivity index (χ1n) is 12.6. The SMILES string of the molecule is O=C(NCc1ccc(Cl)cc1Cl)c1cnc(NC2CCCC2)nc1C1(c2ccc(F)cc2)CCCC1. The van der Waals surface area contributed by atoms with E-state index in [-0.39, 0.29) is 18.3 Å². The van der Waals surface area contributed by atoms with E-state index in [4.69, 9.17) is 28.2 Å². The molecule has 5 nitrogen and oxygen atoms in total. The van der Waals surface area contributed by atoms with Gasteiger partial charge in [-0.15, -0.1) is 0 Å². The Balaban J connectivity index is 1.51. The molecule has 0 unspecified atom stereocenters. The third-order valence-electron chi connectivity index (χ3n) is 7.48. The van der Waals surface area contributed by atoms with Crippen LogP contribution in [0.5, 0.6) is 0 Å². The highest BCUT2D eigenvalue weighted by Gasteiger charge is 2.42. The Morgan fingerprint density at radius 2 is 1.75 bits per heavy atom. The fourth-order valence-corrected chi connectivity index (χ4v) is 6.06. The molecule has 0 spiro atoms. The van der Waals surface area contributed by atoms with Crippen molar-refractivity contribution >= 4 is 35.1 Å². The zero-order chi connectivity index (χ0) is 25.1. The lowest BCUT2D eigenvalue weighted by atomic mass is 9.74. The van der Waals surface area contributed by atoms with Crippen LogP contribution in [0.4, 0.5) is 10.3 Å². The van der Waals surface area contributed by atoms with E-state index in [1.165, 1.54) is 25.0 Å². The van der Waals surface area contributed by atoms with E-state index < -0.39 is 5.41 Å². The second-order valence-electron chi connectivity index (χ2n) is 9.80. The van der Waals surface area contributed by atoms with Crippen LogP contribution in [0.2, 0.25) is 10.0 Å². The molecular formula is C28H29Cl2FN4O. The molecule has 2 N–H and O–H groups in total. The Kier molecular flexibility index (Phi) is 7.44. The predicted octanol–water partition coefficient (Wildman–Crippen LogP) is 7.07. The highest BCUT2D eigenvalue weighted by Crippen LogP contribution is 2.47. The molecule has 1 aromatic heterocycles. The molecule has 1 amide bonds. The third-order valence-corrected chi connectivity index (χ3v) is 8.07. The lowest BCUT2D eigenvalue weighted by molar-refractivity contribution is 0.0947. The van der Waals surface area contributed by atoms with Crippen LogP contribution in [-0.4, -0.2) is 21.9 Å². The summed E-state index contributed by atoms with van der Waals surface area (Å²) in [6.07, 6.45) is 9.88. The Bertz CT molecular complexity index is 1240. The number of carbonyl (C=O) groups is 1. The lowest BCUT2D eigenvalue weighted by Gasteiger charge is -2.31. The summed E-state index contributed by atoms with van der Waals surface area (Å²) in [5, 5.41) is 7.49. The highest BCUT2D eigenvalue weighted by molar-refractivity contribution is 6.35. The second-order valence-corrected chi connectivity index (χ2v) is 10.6. The van der Waals surface area contributed by atoms with Gasteiger partial charge in [-0.2, -0.15) is 0 Å². The summed E-state index contributed by atoms with van der Waals surface area (Å²) in [6.45, 7) is 0.250. The summed E-state index contributed by atoms with van der Waals surface area (Å²) < 4.78 is 13.8. The summed E-state index contributed by atoms with van der Waals surface area (Å²) >= 11 is 12.3. The van der Waals surface area contributed by atoms with Crippen LogP contribution in [0.1, 0.15) is 78.5 Å². The van der Waals surface area contributed by atoms with E-state index in [0.717, 1.165) is 49.7 Å². The first kappa shape index (κ1) is 25.0. The van der Waals surface area contributed by atoms with Gasteiger partial charge in [-0.1, -0.05) is 67.1 Å². The van der Waals surface area contributed by atoms with Gasteiger partial charge < -0.3 is 10.6 Å². The number of aromatic nitrogens is 2. The molecule has 0 saturated heterocycles. The number of nitrogens with zero attached hydrogens (tertiary/aromatic N) is 2. The van der Waals surface area contributed by atoms with E-state index in [1.54, 1.807) is 24.4 Å². The number of amides is 1. The molecule has 0 atom stereocenters. The van der Waals surface area contributed by atoms with Gasteiger partial charge in [0.1, 0.15) is 5.82 Å². The molecule has 2 aliphatic carbocycles. The topological polar surface area (TPSA) is 66.9 Å². The molecule has 2 aliphatic rings. The Hall–Kier alpha value is -2.70.